The van der Waals surface area contributed by atoms with Gasteiger partial charge in [0.05, 0.1) is 16.2 Å². The lowest BCUT2D eigenvalue weighted by atomic mass is 10.2. The lowest BCUT2D eigenvalue weighted by molar-refractivity contribution is -0.384. The van der Waals surface area contributed by atoms with Crippen molar-refractivity contribution in [3.63, 3.8) is 0 Å². The second-order valence-corrected chi connectivity index (χ2v) is 6.23. The van der Waals surface area contributed by atoms with Gasteiger partial charge in [0.1, 0.15) is 12.1 Å². The molecule has 0 saturated carbocycles. The zero-order valence-corrected chi connectivity index (χ0v) is 16.1. The molecule has 0 aliphatic rings. The number of nitriles is 1. The number of carbonyl (C=O) groups is 3. The molecule has 0 spiro atoms. The minimum atomic E-state index is -1.19. The molecule has 2 aromatic rings. The Balaban J connectivity index is 1.95. The van der Waals surface area contributed by atoms with Gasteiger partial charge in [0.15, 0.2) is 6.10 Å². The summed E-state index contributed by atoms with van der Waals surface area (Å²) in [5, 5.41) is 24.7. The standard InChI is InChI=1S/C20H18N4O6/c1-12(22-19(26)14-7-5-8-16(10-14)24(28)29)20(27)30-13(2)18(25)23-17-9-4-3-6-15(17)11-21/h3-10,12-13H,1-2H3,(H,22,26)(H,23,25)/t12-,13-/m0/s1. The van der Waals surface area contributed by atoms with Gasteiger partial charge in [-0.1, -0.05) is 18.2 Å². The van der Waals surface area contributed by atoms with E-state index in [0.29, 0.717) is 0 Å². The Morgan fingerprint density at radius 3 is 2.50 bits per heavy atom. The fourth-order valence-corrected chi connectivity index (χ4v) is 2.35. The van der Waals surface area contributed by atoms with Crippen molar-refractivity contribution in [2.75, 3.05) is 5.32 Å². The number of amides is 2. The van der Waals surface area contributed by atoms with Crippen LogP contribution in [0.25, 0.3) is 0 Å². The number of nitro benzene ring substituents is 1. The van der Waals surface area contributed by atoms with E-state index >= 15 is 0 Å². The van der Waals surface area contributed by atoms with Crippen LogP contribution in [0.4, 0.5) is 11.4 Å². The van der Waals surface area contributed by atoms with Crippen molar-refractivity contribution in [1.82, 2.24) is 5.32 Å². The third-order valence-electron chi connectivity index (χ3n) is 3.99. The first-order valence-electron chi connectivity index (χ1n) is 8.78. The van der Waals surface area contributed by atoms with Crippen molar-refractivity contribution in [3.8, 4) is 6.07 Å². The summed E-state index contributed by atoms with van der Waals surface area (Å²) in [6.07, 6.45) is -1.19. The smallest absolute Gasteiger partial charge is 0.329 e. The number of hydrogen-bond donors (Lipinski definition) is 2. The van der Waals surface area contributed by atoms with Crippen LogP contribution in [0.5, 0.6) is 0 Å². The normalized spacial score (nSPS) is 12.0. The van der Waals surface area contributed by atoms with Gasteiger partial charge in [-0.15, -0.1) is 0 Å². The van der Waals surface area contributed by atoms with Crippen LogP contribution in [-0.2, 0) is 14.3 Å². The summed E-state index contributed by atoms with van der Waals surface area (Å²) < 4.78 is 5.06. The number of non-ortho nitro benzene ring substituents is 1. The molecule has 2 N–H and O–H groups in total. The van der Waals surface area contributed by atoms with Crippen LogP contribution in [-0.4, -0.2) is 34.9 Å². The summed E-state index contributed by atoms with van der Waals surface area (Å²) in [5.41, 5.74) is 0.269. The van der Waals surface area contributed by atoms with Crippen LogP contribution in [0.3, 0.4) is 0 Å². The summed E-state index contributed by atoms with van der Waals surface area (Å²) in [7, 11) is 0. The number of rotatable bonds is 7. The number of nitrogens with zero attached hydrogens (tertiary/aromatic N) is 2. The Morgan fingerprint density at radius 1 is 1.13 bits per heavy atom. The van der Waals surface area contributed by atoms with E-state index in [-0.39, 0.29) is 22.5 Å². The van der Waals surface area contributed by atoms with Gasteiger partial charge >= 0.3 is 5.97 Å². The van der Waals surface area contributed by atoms with Crippen molar-refractivity contribution in [2.24, 2.45) is 0 Å². The van der Waals surface area contributed by atoms with Gasteiger partial charge in [-0.3, -0.25) is 19.7 Å². The lowest BCUT2D eigenvalue weighted by Gasteiger charge is -2.18. The summed E-state index contributed by atoms with van der Waals surface area (Å²) >= 11 is 0. The number of nitro groups is 1. The monoisotopic (exact) mass is 410 g/mol. The van der Waals surface area contributed by atoms with E-state index in [1.165, 1.54) is 44.2 Å². The fraction of sp³-hybridized carbons (Fsp3) is 0.200. The highest BCUT2D eigenvalue weighted by molar-refractivity contribution is 5.98. The molecule has 2 aromatic carbocycles. The zero-order valence-electron chi connectivity index (χ0n) is 16.1. The van der Waals surface area contributed by atoms with Gasteiger partial charge in [0, 0.05) is 17.7 Å². The van der Waals surface area contributed by atoms with Crippen molar-refractivity contribution in [2.45, 2.75) is 26.0 Å². The average Bonchev–Trinajstić information content (AvgIpc) is 2.73. The van der Waals surface area contributed by atoms with Crippen molar-refractivity contribution in [1.29, 1.82) is 5.26 Å². The molecule has 0 bridgehead atoms. The van der Waals surface area contributed by atoms with E-state index in [9.17, 15) is 24.5 Å². The number of nitrogens with one attached hydrogen (secondary N) is 2. The largest absolute Gasteiger partial charge is 0.451 e. The third kappa shape index (κ3) is 5.62. The van der Waals surface area contributed by atoms with Gasteiger partial charge in [0.25, 0.3) is 17.5 Å². The first kappa shape index (κ1) is 22.0. The third-order valence-corrected chi connectivity index (χ3v) is 3.99. The maximum Gasteiger partial charge on any atom is 0.329 e. The highest BCUT2D eigenvalue weighted by atomic mass is 16.6. The molecule has 0 saturated heterocycles. The topological polar surface area (TPSA) is 151 Å². The van der Waals surface area contributed by atoms with Crippen molar-refractivity contribution < 1.29 is 24.0 Å². The summed E-state index contributed by atoms with van der Waals surface area (Å²) in [6.45, 7) is 2.70. The molecule has 10 nitrogen and oxygen atoms in total. The molecule has 0 unspecified atom stereocenters. The molecule has 0 aliphatic heterocycles. The second kappa shape index (κ2) is 9.79. The highest BCUT2D eigenvalue weighted by Crippen LogP contribution is 2.15. The molecular formula is C20H18N4O6. The minimum Gasteiger partial charge on any atom is -0.451 e. The first-order chi connectivity index (χ1) is 14.2. The maximum atomic E-state index is 12.2. The molecule has 2 rings (SSSR count). The Hall–Kier alpha value is -4.26. The number of ether oxygens (including phenoxy) is 1. The summed E-state index contributed by atoms with van der Waals surface area (Å²) in [6, 6.07) is 12.2. The summed E-state index contributed by atoms with van der Waals surface area (Å²) in [4.78, 5) is 46.8. The first-order valence-corrected chi connectivity index (χ1v) is 8.78. The minimum absolute atomic E-state index is 0.00255. The van der Waals surface area contributed by atoms with Crippen LogP contribution in [0.15, 0.2) is 48.5 Å². The van der Waals surface area contributed by atoms with E-state index in [0.717, 1.165) is 6.07 Å². The predicted octanol–water partition coefficient (Wildman–Crippen LogP) is 2.16. The Bertz CT molecular complexity index is 1030. The molecule has 0 aromatic heterocycles. The fourth-order valence-electron chi connectivity index (χ4n) is 2.35. The quantitative estimate of drug-likeness (QED) is 0.403. The molecule has 0 fully saturated rings. The van der Waals surface area contributed by atoms with Crippen LogP contribution >= 0.6 is 0 Å². The van der Waals surface area contributed by atoms with E-state index in [2.05, 4.69) is 10.6 Å². The predicted molar refractivity (Wildman–Crippen MR) is 105 cm³/mol. The van der Waals surface area contributed by atoms with Crippen LogP contribution in [0, 0.1) is 21.4 Å². The number of para-hydroxylation sites is 1. The molecule has 2 atom stereocenters. The second-order valence-electron chi connectivity index (χ2n) is 6.23. The van der Waals surface area contributed by atoms with E-state index < -0.39 is 34.9 Å². The van der Waals surface area contributed by atoms with E-state index in [1.54, 1.807) is 12.1 Å². The van der Waals surface area contributed by atoms with Crippen molar-refractivity contribution in [3.05, 3.63) is 69.8 Å². The molecular weight excluding hydrogens is 392 g/mol. The number of anilines is 1. The van der Waals surface area contributed by atoms with E-state index in [1.807, 2.05) is 6.07 Å². The average molecular weight is 410 g/mol. The van der Waals surface area contributed by atoms with Gasteiger partial charge in [-0.2, -0.15) is 5.26 Å². The summed E-state index contributed by atoms with van der Waals surface area (Å²) in [5.74, 6) is -2.23. The van der Waals surface area contributed by atoms with Gasteiger partial charge < -0.3 is 15.4 Å². The molecule has 30 heavy (non-hydrogen) atoms. The molecule has 0 aliphatic carbocycles. The van der Waals surface area contributed by atoms with Gasteiger partial charge in [0.2, 0.25) is 0 Å². The molecule has 2 amide bonds. The maximum absolute atomic E-state index is 12.2. The van der Waals surface area contributed by atoms with Gasteiger partial charge in [-0.05, 0) is 32.0 Å². The van der Waals surface area contributed by atoms with Crippen LogP contribution in [0.2, 0.25) is 0 Å². The molecule has 0 radical (unpaired) electrons. The Kier molecular flexibility index (Phi) is 7.19. The SMILES string of the molecule is C[C@H](NC(=O)c1cccc([N+](=O)[O-])c1)C(=O)O[C@@H](C)C(=O)Nc1ccccc1C#N. The molecule has 154 valence electrons. The zero-order chi connectivity index (χ0) is 22.3. The molecule has 10 heteroatoms. The van der Waals surface area contributed by atoms with Crippen LogP contribution < -0.4 is 10.6 Å². The number of esters is 1. The van der Waals surface area contributed by atoms with Crippen molar-refractivity contribution >= 4 is 29.2 Å². The highest BCUT2D eigenvalue weighted by Gasteiger charge is 2.24. The van der Waals surface area contributed by atoms with Gasteiger partial charge in [-0.25, -0.2) is 4.79 Å². The Labute approximate surface area is 171 Å². The van der Waals surface area contributed by atoms with E-state index in [4.69, 9.17) is 10.00 Å². The Morgan fingerprint density at radius 2 is 1.83 bits per heavy atom. The number of benzene rings is 2. The lowest BCUT2D eigenvalue weighted by Crippen LogP contribution is -2.42. The number of hydrogen-bond acceptors (Lipinski definition) is 7. The molecule has 0 heterocycles. The number of carbonyl (C=O) groups excluding carboxylic acids is 3. The van der Waals surface area contributed by atoms with Crippen LogP contribution in [0.1, 0.15) is 29.8 Å².